The number of carbonyl (C=O) groups excluding carboxylic acids is 1. The van der Waals surface area contributed by atoms with Gasteiger partial charge in [0.25, 0.3) is 0 Å². The molecule has 3 heterocycles. The number of aromatic nitrogens is 4. The molecule has 0 unspecified atom stereocenters. The monoisotopic (exact) mass is 485 g/mol. The molecule has 2 aromatic carbocycles. The second-order valence-electron chi connectivity index (χ2n) is 8.64. The summed E-state index contributed by atoms with van der Waals surface area (Å²) in [5.74, 6) is 0.931. The second kappa shape index (κ2) is 8.85. The van der Waals surface area contributed by atoms with E-state index < -0.39 is 0 Å². The maximum absolute atomic E-state index is 13.4. The third kappa shape index (κ3) is 3.76. The van der Waals surface area contributed by atoms with Crippen LogP contribution in [0.1, 0.15) is 23.8 Å². The molecule has 0 saturated heterocycles. The van der Waals surface area contributed by atoms with Crippen LogP contribution in [0.5, 0.6) is 0 Å². The highest BCUT2D eigenvalue weighted by Crippen LogP contribution is 2.39. The molecule has 3 aromatic heterocycles. The minimum atomic E-state index is -0.0184. The number of carbonyl (C=O) groups is 1. The summed E-state index contributed by atoms with van der Waals surface area (Å²) in [4.78, 5) is 22.3. The Bertz CT molecular complexity index is 1440. The summed E-state index contributed by atoms with van der Waals surface area (Å²) in [5.41, 5.74) is 3.91. The molecule has 6 rings (SSSR count). The number of thiophene rings is 1. The zero-order valence-corrected chi connectivity index (χ0v) is 20.4. The van der Waals surface area contributed by atoms with Crippen molar-refractivity contribution < 1.29 is 4.79 Å². The summed E-state index contributed by atoms with van der Waals surface area (Å²) in [6, 6.07) is 19.5. The van der Waals surface area contributed by atoms with E-state index >= 15 is 0 Å². The number of aryl methyl sites for hydroxylation is 1. The van der Waals surface area contributed by atoms with Crippen molar-refractivity contribution in [3.63, 3.8) is 0 Å². The van der Waals surface area contributed by atoms with Crippen molar-refractivity contribution in [2.75, 3.05) is 10.7 Å². The molecule has 0 aliphatic heterocycles. The third-order valence-corrected chi connectivity index (χ3v) is 8.36. The Balaban J connectivity index is 1.30. The highest BCUT2D eigenvalue weighted by molar-refractivity contribution is 7.99. The quantitative estimate of drug-likeness (QED) is 0.289. The van der Waals surface area contributed by atoms with Gasteiger partial charge < -0.3 is 0 Å². The lowest BCUT2D eigenvalue weighted by atomic mass is 9.89. The number of nitrogens with zero attached hydrogens (tertiary/aromatic N) is 5. The topological polar surface area (TPSA) is 63.4 Å². The van der Waals surface area contributed by atoms with Gasteiger partial charge in [-0.25, -0.2) is 4.98 Å². The van der Waals surface area contributed by atoms with Crippen LogP contribution in [0.25, 0.3) is 15.9 Å². The number of anilines is 2. The first-order valence-corrected chi connectivity index (χ1v) is 13.2. The van der Waals surface area contributed by atoms with E-state index in [4.69, 9.17) is 4.98 Å². The number of thioether (sulfide) groups is 1. The number of benzene rings is 2. The molecule has 0 N–H and O–H groups in total. The van der Waals surface area contributed by atoms with Crippen LogP contribution in [0.3, 0.4) is 0 Å². The standard InChI is InChI=1S/C26H23N5OS2/c1-17-12-13-20-21(14-17)34-25-23(20)24-28-29-26(30(24)16-27-25)33-15-22(32)31(18-8-4-2-5-9-18)19-10-6-3-7-11-19/h2-11,16-17H,12-15H2,1H3/t17-/m1/s1. The zero-order valence-electron chi connectivity index (χ0n) is 18.7. The molecule has 34 heavy (non-hydrogen) atoms. The van der Waals surface area contributed by atoms with Crippen LogP contribution in [0.15, 0.2) is 72.1 Å². The number of rotatable bonds is 5. The first kappa shape index (κ1) is 21.3. The molecule has 5 aromatic rings. The molecule has 0 fully saturated rings. The van der Waals surface area contributed by atoms with E-state index in [1.165, 1.54) is 28.6 Å². The summed E-state index contributed by atoms with van der Waals surface area (Å²) in [5, 5.41) is 10.8. The minimum absolute atomic E-state index is 0.0184. The van der Waals surface area contributed by atoms with E-state index in [9.17, 15) is 4.79 Å². The molecule has 8 heteroatoms. The Morgan fingerprint density at radius 3 is 2.50 bits per heavy atom. The Morgan fingerprint density at radius 1 is 1.09 bits per heavy atom. The first-order chi connectivity index (χ1) is 16.7. The van der Waals surface area contributed by atoms with E-state index in [1.54, 1.807) is 22.6 Å². The fourth-order valence-electron chi connectivity index (χ4n) is 4.60. The highest BCUT2D eigenvalue weighted by atomic mass is 32.2. The van der Waals surface area contributed by atoms with E-state index in [-0.39, 0.29) is 11.7 Å². The zero-order chi connectivity index (χ0) is 23.1. The molecule has 0 saturated carbocycles. The van der Waals surface area contributed by atoms with Crippen molar-refractivity contribution in [1.29, 1.82) is 0 Å². The summed E-state index contributed by atoms with van der Waals surface area (Å²) in [6.45, 7) is 2.31. The van der Waals surface area contributed by atoms with Crippen LogP contribution < -0.4 is 4.90 Å². The van der Waals surface area contributed by atoms with E-state index in [0.717, 1.165) is 40.1 Å². The molecule has 1 amide bonds. The first-order valence-electron chi connectivity index (χ1n) is 11.4. The fraction of sp³-hybridized carbons (Fsp3) is 0.231. The second-order valence-corrected chi connectivity index (χ2v) is 10.7. The Kier molecular flexibility index (Phi) is 5.55. The van der Waals surface area contributed by atoms with Crippen LogP contribution in [-0.4, -0.2) is 31.2 Å². The lowest BCUT2D eigenvalue weighted by Gasteiger charge is -2.22. The normalized spacial score (nSPS) is 15.5. The van der Waals surface area contributed by atoms with E-state index in [0.29, 0.717) is 11.1 Å². The largest absolute Gasteiger partial charge is 0.280 e. The molecule has 1 aliphatic carbocycles. The van der Waals surface area contributed by atoms with Crippen LogP contribution in [-0.2, 0) is 17.6 Å². The number of hydrogen-bond donors (Lipinski definition) is 0. The summed E-state index contributed by atoms with van der Waals surface area (Å²) < 4.78 is 1.93. The Hall–Kier alpha value is -3.23. The molecule has 1 aliphatic rings. The van der Waals surface area contributed by atoms with Crippen molar-refractivity contribution in [1.82, 2.24) is 19.6 Å². The van der Waals surface area contributed by atoms with Crippen LogP contribution in [0.4, 0.5) is 11.4 Å². The number of para-hydroxylation sites is 2. The molecule has 170 valence electrons. The van der Waals surface area contributed by atoms with Gasteiger partial charge in [-0.15, -0.1) is 21.5 Å². The Morgan fingerprint density at radius 2 is 1.79 bits per heavy atom. The van der Waals surface area contributed by atoms with Crippen LogP contribution >= 0.6 is 23.1 Å². The predicted octanol–water partition coefficient (Wildman–Crippen LogP) is 5.92. The maximum atomic E-state index is 13.4. The fourth-order valence-corrected chi connectivity index (χ4v) is 6.70. The SMILES string of the molecule is C[C@@H]1CCc2c(sc3ncn4c(SCC(=O)N(c5ccccc5)c5ccccc5)nnc4c23)C1. The van der Waals surface area contributed by atoms with Gasteiger partial charge >= 0.3 is 0 Å². The van der Waals surface area contributed by atoms with Crippen LogP contribution in [0.2, 0.25) is 0 Å². The van der Waals surface area contributed by atoms with Gasteiger partial charge in [-0.05, 0) is 55.0 Å². The Labute approximate surface area is 205 Å². The molecule has 6 nitrogen and oxygen atoms in total. The maximum Gasteiger partial charge on any atom is 0.242 e. The average molecular weight is 486 g/mol. The van der Waals surface area contributed by atoms with E-state index in [2.05, 4.69) is 17.1 Å². The van der Waals surface area contributed by atoms with Gasteiger partial charge in [-0.1, -0.05) is 55.1 Å². The van der Waals surface area contributed by atoms with E-state index in [1.807, 2.05) is 65.1 Å². The molecular weight excluding hydrogens is 462 g/mol. The van der Waals surface area contributed by atoms with Crippen molar-refractivity contribution in [3.8, 4) is 0 Å². The third-order valence-electron chi connectivity index (χ3n) is 6.27. The minimum Gasteiger partial charge on any atom is -0.280 e. The molecule has 1 atom stereocenters. The summed E-state index contributed by atoms with van der Waals surface area (Å²) >= 11 is 3.18. The van der Waals surface area contributed by atoms with Gasteiger partial charge in [0.15, 0.2) is 10.8 Å². The lowest BCUT2D eigenvalue weighted by Crippen LogP contribution is -2.27. The van der Waals surface area contributed by atoms with Crippen molar-refractivity contribution in [2.24, 2.45) is 5.92 Å². The van der Waals surface area contributed by atoms with Crippen LogP contribution in [0, 0.1) is 5.92 Å². The molecular formula is C26H23N5OS2. The molecule has 0 bridgehead atoms. The van der Waals surface area contributed by atoms with Gasteiger partial charge in [0.1, 0.15) is 11.2 Å². The van der Waals surface area contributed by atoms with Gasteiger partial charge in [-0.2, -0.15) is 0 Å². The van der Waals surface area contributed by atoms with Gasteiger partial charge in [-0.3, -0.25) is 14.1 Å². The van der Waals surface area contributed by atoms with Gasteiger partial charge in [0.2, 0.25) is 5.91 Å². The van der Waals surface area contributed by atoms with Crippen molar-refractivity contribution >= 4 is 56.2 Å². The number of fused-ring (bicyclic) bond motifs is 5. The smallest absolute Gasteiger partial charge is 0.242 e. The number of amides is 1. The summed E-state index contributed by atoms with van der Waals surface area (Å²) in [6.07, 6.45) is 5.16. The average Bonchev–Trinajstić information content (AvgIpc) is 3.44. The van der Waals surface area contributed by atoms with Crippen molar-refractivity contribution in [3.05, 3.63) is 77.4 Å². The molecule has 0 radical (unpaired) electrons. The lowest BCUT2D eigenvalue weighted by molar-refractivity contribution is -0.115. The van der Waals surface area contributed by atoms with Crippen molar-refractivity contribution in [2.45, 2.75) is 31.3 Å². The summed E-state index contributed by atoms with van der Waals surface area (Å²) in [7, 11) is 0. The molecule has 0 spiro atoms. The van der Waals surface area contributed by atoms with Gasteiger partial charge in [0, 0.05) is 16.3 Å². The predicted molar refractivity (Wildman–Crippen MR) is 138 cm³/mol. The highest BCUT2D eigenvalue weighted by Gasteiger charge is 2.24. The van der Waals surface area contributed by atoms with Gasteiger partial charge in [0.05, 0.1) is 11.1 Å². The number of hydrogen-bond acceptors (Lipinski definition) is 6.